The van der Waals surface area contributed by atoms with Crippen molar-refractivity contribution < 1.29 is 4.74 Å². The third-order valence-corrected chi connectivity index (χ3v) is 2.74. The molecule has 0 radical (unpaired) electrons. The summed E-state index contributed by atoms with van der Waals surface area (Å²) in [5, 5.41) is 8.92. The highest BCUT2D eigenvalue weighted by Gasteiger charge is 2.11. The third-order valence-electron chi connectivity index (χ3n) is 2.74. The fraction of sp³-hybridized carbons (Fsp3) is 0.417. The van der Waals surface area contributed by atoms with Crippen LogP contribution in [0.1, 0.15) is 12.0 Å². The van der Waals surface area contributed by atoms with Crippen LogP contribution in [0.3, 0.4) is 0 Å². The lowest BCUT2D eigenvalue weighted by Crippen LogP contribution is -2.25. The van der Waals surface area contributed by atoms with Crippen LogP contribution in [0.2, 0.25) is 0 Å². The number of hydrogen-bond donors (Lipinski definition) is 1. The van der Waals surface area contributed by atoms with Gasteiger partial charge in [0.05, 0.1) is 12.2 Å². The van der Waals surface area contributed by atoms with Crippen molar-refractivity contribution in [3.8, 4) is 6.07 Å². The topological polar surface area (TPSA) is 62.3 Å². The van der Waals surface area contributed by atoms with Gasteiger partial charge in [-0.05, 0) is 24.6 Å². The molecule has 2 N–H and O–H groups in total. The van der Waals surface area contributed by atoms with Crippen LogP contribution in [0, 0.1) is 11.3 Å². The summed E-state index contributed by atoms with van der Waals surface area (Å²) in [5.41, 5.74) is 7.83. The van der Waals surface area contributed by atoms with Crippen molar-refractivity contribution in [2.24, 2.45) is 0 Å². The third kappa shape index (κ3) is 2.26. The first-order valence-corrected chi connectivity index (χ1v) is 5.43. The molecule has 0 unspecified atom stereocenters. The first kappa shape index (κ1) is 10.8. The number of anilines is 2. The smallest absolute Gasteiger partial charge is 0.101 e. The number of ether oxygens (including phenoxy) is 1. The Kier molecular flexibility index (Phi) is 3.28. The molecule has 0 spiro atoms. The van der Waals surface area contributed by atoms with Gasteiger partial charge in [-0.2, -0.15) is 5.26 Å². The van der Waals surface area contributed by atoms with E-state index >= 15 is 0 Å². The molecule has 0 atom stereocenters. The SMILES string of the molecule is N#Cc1cc(N2CCCOCC2)ccc1N. The van der Waals surface area contributed by atoms with Crippen LogP contribution >= 0.6 is 0 Å². The quantitative estimate of drug-likeness (QED) is 0.722. The number of nitrogen functional groups attached to an aromatic ring is 1. The van der Waals surface area contributed by atoms with Crippen LogP contribution in [0.5, 0.6) is 0 Å². The molecule has 0 aliphatic carbocycles. The monoisotopic (exact) mass is 217 g/mol. The summed E-state index contributed by atoms with van der Waals surface area (Å²) < 4.78 is 5.40. The summed E-state index contributed by atoms with van der Waals surface area (Å²) >= 11 is 0. The fourth-order valence-electron chi connectivity index (χ4n) is 1.84. The standard InChI is InChI=1S/C12H15N3O/c13-9-10-8-11(2-3-12(10)14)15-4-1-6-16-7-5-15/h2-3,8H,1,4-7,14H2. The molecule has 84 valence electrons. The second-order valence-electron chi connectivity index (χ2n) is 3.84. The van der Waals surface area contributed by atoms with Gasteiger partial charge in [0.1, 0.15) is 6.07 Å². The highest BCUT2D eigenvalue weighted by molar-refractivity contribution is 5.62. The van der Waals surface area contributed by atoms with Crippen LogP contribution in [0.15, 0.2) is 18.2 Å². The minimum Gasteiger partial charge on any atom is -0.398 e. The Morgan fingerprint density at radius 2 is 2.19 bits per heavy atom. The van der Waals surface area contributed by atoms with Crippen molar-refractivity contribution in [1.82, 2.24) is 0 Å². The van der Waals surface area contributed by atoms with Gasteiger partial charge in [0, 0.05) is 31.1 Å². The minimum atomic E-state index is 0.539. The molecule has 1 saturated heterocycles. The summed E-state index contributed by atoms with van der Waals surface area (Å²) in [4.78, 5) is 2.23. The van der Waals surface area contributed by atoms with Gasteiger partial charge in [0.15, 0.2) is 0 Å². The van der Waals surface area contributed by atoms with Gasteiger partial charge in [0.25, 0.3) is 0 Å². The maximum absolute atomic E-state index is 8.92. The number of nitrogens with zero attached hydrogens (tertiary/aromatic N) is 2. The summed E-state index contributed by atoms with van der Waals surface area (Å²) in [7, 11) is 0. The average Bonchev–Trinajstić information content (AvgIpc) is 2.58. The number of nitriles is 1. The van der Waals surface area contributed by atoms with E-state index in [2.05, 4.69) is 11.0 Å². The van der Waals surface area contributed by atoms with Gasteiger partial charge in [-0.1, -0.05) is 0 Å². The average molecular weight is 217 g/mol. The fourth-order valence-corrected chi connectivity index (χ4v) is 1.84. The van der Waals surface area contributed by atoms with E-state index in [1.165, 1.54) is 0 Å². The minimum absolute atomic E-state index is 0.539. The molecule has 0 amide bonds. The lowest BCUT2D eigenvalue weighted by atomic mass is 10.1. The Morgan fingerprint density at radius 1 is 1.31 bits per heavy atom. The highest BCUT2D eigenvalue weighted by atomic mass is 16.5. The Balaban J connectivity index is 2.22. The molecule has 16 heavy (non-hydrogen) atoms. The Hall–Kier alpha value is -1.73. The highest BCUT2D eigenvalue weighted by Crippen LogP contribution is 2.21. The van der Waals surface area contributed by atoms with Gasteiger partial charge < -0.3 is 15.4 Å². The normalized spacial score (nSPS) is 16.6. The molecule has 0 bridgehead atoms. The molecule has 4 heteroatoms. The maximum atomic E-state index is 8.92. The molecule has 1 aromatic carbocycles. The zero-order valence-corrected chi connectivity index (χ0v) is 9.15. The first-order valence-electron chi connectivity index (χ1n) is 5.43. The largest absolute Gasteiger partial charge is 0.398 e. The van der Waals surface area contributed by atoms with E-state index in [1.807, 2.05) is 12.1 Å². The van der Waals surface area contributed by atoms with Crippen LogP contribution in [0.4, 0.5) is 11.4 Å². The zero-order chi connectivity index (χ0) is 11.4. The zero-order valence-electron chi connectivity index (χ0n) is 9.15. The maximum Gasteiger partial charge on any atom is 0.101 e. The molecule has 0 aromatic heterocycles. The Morgan fingerprint density at radius 3 is 3.00 bits per heavy atom. The Bertz CT molecular complexity index is 403. The van der Waals surface area contributed by atoms with Gasteiger partial charge in [-0.25, -0.2) is 0 Å². The second-order valence-corrected chi connectivity index (χ2v) is 3.84. The number of hydrogen-bond acceptors (Lipinski definition) is 4. The van der Waals surface area contributed by atoms with Crippen molar-refractivity contribution in [3.05, 3.63) is 23.8 Å². The van der Waals surface area contributed by atoms with Crippen molar-refractivity contribution in [3.63, 3.8) is 0 Å². The molecule has 1 heterocycles. The summed E-state index contributed by atoms with van der Waals surface area (Å²) in [6.07, 6.45) is 1.02. The predicted octanol–water partition coefficient (Wildman–Crippen LogP) is 1.37. The van der Waals surface area contributed by atoms with E-state index in [0.29, 0.717) is 11.3 Å². The van der Waals surface area contributed by atoms with E-state index < -0.39 is 0 Å². The molecule has 1 aromatic rings. The van der Waals surface area contributed by atoms with Crippen LogP contribution in [-0.2, 0) is 4.74 Å². The molecule has 1 aliphatic rings. The van der Waals surface area contributed by atoms with E-state index in [0.717, 1.165) is 38.4 Å². The molecule has 4 nitrogen and oxygen atoms in total. The van der Waals surface area contributed by atoms with E-state index in [9.17, 15) is 0 Å². The predicted molar refractivity (Wildman–Crippen MR) is 63.2 cm³/mol. The molecule has 1 aliphatic heterocycles. The van der Waals surface area contributed by atoms with Crippen LogP contribution in [0.25, 0.3) is 0 Å². The van der Waals surface area contributed by atoms with E-state index in [4.69, 9.17) is 15.7 Å². The second kappa shape index (κ2) is 4.86. The lowest BCUT2D eigenvalue weighted by Gasteiger charge is -2.22. The summed E-state index contributed by atoms with van der Waals surface area (Å²) in [6, 6.07) is 7.71. The van der Waals surface area contributed by atoms with Gasteiger partial charge in [0.2, 0.25) is 0 Å². The number of nitrogens with two attached hydrogens (primary N) is 1. The molecule has 1 fully saturated rings. The number of benzene rings is 1. The van der Waals surface area contributed by atoms with Crippen molar-refractivity contribution >= 4 is 11.4 Å². The van der Waals surface area contributed by atoms with Crippen molar-refractivity contribution in [1.29, 1.82) is 5.26 Å². The van der Waals surface area contributed by atoms with Crippen molar-refractivity contribution in [2.75, 3.05) is 36.9 Å². The summed E-state index contributed by atoms with van der Waals surface area (Å²) in [6.45, 7) is 3.40. The molecular weight excluding hydrogens is 202 g/mol. The molecular formula is C12H15N3O. The van der Waals surface area contributed by atoms with E-state index in [1.54, 1.807) is 6.07 Å². The van der Waals surface area contributed by atoms with Crippen LogP contribution in [-0.4, -0.2) is 26.3 Å². The lowest BCUT2D eigenvalue weighted by molar-refractivity contribution is 0.152. The number of rotatable bonds is 1. The molecule has 0 saturated carbocycles. The van der Waals surface area contributed by atoms with Gasteiger partial charge in [-0.15, -0.1) is 0 Å². The summed E-state index contributed by atoms with van der Waals surface area (Å²) in [5.74, 6) is 0. The molecule has 2 rings (SSSR count). The van der Waals surface area contributed by atoms with Gasteiger partial charge in [-0.3, -0.25) is 0 Å². The van der Waals surface area contributed by atoms with Crippen LogP contribution < -0.4 is 10.6 Å². The Labute approximate surface area is 95.2 Å². The van der Waals surface area contributed by atoms with Crippen molar-refractivity contribution in [2.45, 2.75) is 6.42 Å². The van der Waals surface area contributed by atoms with Gasteiger partial charge >= 0.3 is 0 Å². The first-order chi connectivity index (χ1) is 7.81. The van der Waals surface area contributed by atoms with E-state index in [-0.39, 0.29) is 0 Å².